The van der Waals surface area contributed by atoms with Crippen LogP contribution >= 0.6 is 0 Å². The molecule has 5 nitrogen and oxygen atoms in total. The van der Waals surface area contributed by atoms with Crippen LogP contribution in [0.15, 0.2) is 53.1 Å². The SMILES string of the molecule is Cc1[nH]nc(-c2ccco2)c1C(=O)NC(C)c1ccccc1. The molecule has 3 aromatic rings. The molecule has 112 valence electrons. The number of aromatic amines is 1. The summed E-state index contributed by atoms with van der Waals surface area (Å²) in [6, 6.07) is 13.3. The molecule has 2 heterocycles. The van der Waals surface area contributed by atoms with Crippen LogP contribution in [0.1, 0.15) is 34.6 Å². The van der Waals surface area contributed by atoms with Crippen molar-refractivity contribution in [3.05, 3.63) is 65.5 Å². The van der Waals surface area contributed by atoms with E-state index in [-0.39, 0.29) is 11.9 Å². The molecule has 3 rings (SSSR count). The molecule has 0 saturated carbocycles. The standard InChI is InChI=1S/C17H17N3O2/c1-11(13-7-4-3-5-8-13)18-17(21)15-12(2)19-20-16(15)14-9-6-10-22-14/h3-11H,1-2H3,(H,18,21)(H,19,20). The van der Waals surface area contributed by atoms with Gasteiger partial charge in [-0.2, -0.15) is 5.10 Å². The molecule has 0 aliphatic heterocycles. The van der Waals surface area contributed by atoms with Gasteiger partial charge in [-0.3, -0.25) is 9.89 Å². The van der Waals surface area contributed by atoms with Gasteiger partial charge in [0.25, 0.3) is 5.91 Å². The molecule has 0 saturated heterocycles. The third-order valence-electron chi connectivity index (χ3n) is 3.58. The first kappa shape index (κ1) is 14.1. The van der Waals surface area contributed by atoms with Crippen LogP contribution in [-0.4, -0.2) is 16.1 Å². The second kappa shape index (κ2) is 5.89. The van der Waals surface area contributed by atoms with Crippen molar-refractivity contribution in [2.24, 2.45) is 0 Å². The van der Waals surface area contributed by atoms with Gasteiger partial charge in [0.05, 0.1) is 17.9 Å². The number of nitrogens with one attached hydrogen (secondary N) is 2. The second-order valence-corrected chi connectivity index (χ2v) is 5.16. The van der Waals surface area contributed by atoms with Crippen LogP contribution in [0.2, 0.25) is 0 Å². The fourth-order valence-corrected chi connectivity index (χ4v) is 2.39. The molecule has 0 fully saturated rings. The predicted octanol–water partition coefficient (Wildman–Crippen LogP) is 3.47. The number of amides is 1. The zero-order valence-corrected chi connectivity index (χ0v) is 12.5. The fraction of sp³-hybridized carbons (Fsp3) is 0.176. The molecule has 5 heteroatoms. The number of nitrogens with zero attached hydrogens (tertiary/aromatic N) is 1. The van der Waals surface area contributed by atoms with E-state index < -0.39 is 0 Å². The van der Waals surface area contributed by atoms with Crippen LogP contribution in [-0.2, 0) is 0 Å². The van der Waals surface area contributed by atoms with Gasteiger partial charge in [-0.15, -0.1) is 0 Å². The summed E-state index contributed by atoms with van der Waals surface area (Å²) in [5.41, 5.74) is 2.80. The van der Waals surface area contributed by atoms with E-state index in [1.807, 2.05) is 44.2 Å². The monoisotopic (exact) mass is 295 g/mol. The second-order valence-electron chi connectivity index (χ2n) is 5.16. The van der Waals surface area contributed by atoms with Crippen LogP contribution < -0.4 is 5.32 Å². The summed E-state index contributed by atoms with van der Waals surface area (Å²) in [5, 5.41) is 10.0. The molecule has 22 heavy (non-hydrogen) atoms. The van der Waals surface area contributed by atoms with Gasteiger partial charge in [0.1, 0.15) is 5.69 Å². The normalized spacial score (nSPS) is 12.1. The predicted molar refractivity (Wildman–Crippen MR) is 83.3 cm³/mol. The number of hydrogen-bond donors (Lipinski definition) is 2. The van der Waals surface area contributed by atoms with Gasteiger partial charge in [-0.05, 0) is 31.5 Å². The van der Waals surface area contributed by atoms with Crippen LogP contribution in [0, 0.1) is 6.92 Å². The Kier molecular flexibility index (Phi) is 3.78. The highest BCUT2D eigenvalue weighted by molar-refractivity contribution is 6.00. The lowest BCUT2D eigenvalue weighted by atomic mass is 10.1. The Morgan fingerprint density at radius 2 is 2.00 bits per heavy atom. The van der Waals surface area contributed by atoms with Gasteiger partial charge >= 0.3 is 0 Å². The Balaban J connectivity index is 1.86. The van der Waals surface area contributed by atoms with Crippen molar-refractivity contribution >= 4 is 5.91 Å². The Bertz CT molecular complexity index is 761. The molecule has 0 aliphatic carbocycles. The summed E-state index contributed by atoms with van der Waals surface area (Å²) < 4.78 is 5.35. The smallest absolute Gasteiger partial charge is 0.255 e. The number of furan rings is 1. The molecule has 2 aromatic heterocycles. The van der Waals surface area contributed by atoms with Gasteiger partial charge in [0, 0.05) is 5.69 Å². The summed E-state index contributed by atoms with van der Waals surface area (Å²) in [5.74, 6) is 0.399. The molecule has 0 spiro atoms. The highest BCUT2D eigenvalue weighted by Gasteiger charge is 2.22. The highest BCUT2D eigenvalue weighted by Crippen LogP contribution is 2.24. The maximum Gasteiger partial charge on any atom is 0.255 e. The van der Waals surface area contributed by atoms with Crippen LogP contribution in [0.4, 0.5) is 0 Å². The average Bonchev–Trinajstić information content (AvgIpc) is 3.17. The lowest BCUT2D eigenvalue weighted by Crippen LogP contribution is -2.27. The van der Waals surface area contributed by atoms with Crippen molar-refractivity contribution < 1.29 is 9.21 Å². The Labute approximate surface area is 128 Å². The molecular formula is C17H17N3O2. The Morgan fingerprint density at radius 1 is 1.23 bits per heavy atom. The van der Waals surface area contributed by atoms with Crippen molar-refractivity contribution in [3.8, 4) is 11.5 Å². The summed E-state index contributed by atoms with van der Waals surface area (Å²) >= 11 is 0. The lowest BCUT2D eigenvalue weighted by Gasteiger charge is -2.14. The van der Waals surface area contributed by atoms with E-state index in [1.54, 1.807) is 18.4 Å². The number of aromatic nitrogens is 2. The van der Waals surface area contributed by atoms with Crippen LogP contribution in [0.5, 0.6) is 0 Å². The van der Waals surface area contributed by atoms with E-state index in [2.05, 4.69) is 15.5 Å². The third kappa shape index (κ3) is 2.65. The van der Waals surface area contributed by atoms with Gasteiger partial charge in [0.2, 0.25) is 0 Å². The number of hydrogen-bond acceptors (Lipinski definition) is 3. The molecule has 1 aromatic carbocycles. The third-order valence-corrected chi connectivity index (χ3v) is 3.58. The molecule has 1 unspecified atom stereocenters. The van der Waals surface area contributed by atoms with E-state index in [0.29, 0.717) is 22.7 Å². The minimum Gasteiger partial charge on any atom is -0.463 e. The van der Waals surface area contributed by atoms with Crippen molar-refractivity contribution in [1.29, 1.82) is 0 Å². The summed E-state index contributed by atoms with van der Waals surface area (Å²) in [7, 11) is 0. The number of benzene rings is 1. The fourth-order valence-electron chi connectivity index (χ4n) is 2.39. The molecule has 0 aliphatic rings. The molecule has 1 atom stereocenters. The summed E-state index contributed by atoms with van der Waals surface area (Å²) in [6.45, 7) is 3.77. The molecule has 0 bridgehead atoms. The van der Waals surface area contributed by atoms with Crippen molar-refractivity contribution in [3.63, 3.8) is 0 Å². The van der Waals surface area contributed by atoms with E-state index in [4.69, 9.17) is 4.42 Å². The Morgan fingerprint density at radius 3 is 2.68 bits per heavy atom. The van der Waals surface area contributed by atoms with Gasteiger partial charge in [-0.25, -0.2) is 0 Å². The van der Waals surface area contributed by atoms with Crippen molar-refractivity contribution in [2.75, 3.05) is 0 Å². The van der Waals surface area contributed by atoms with Crippen LogP contribution in [0.25, 0.3) is 11.5 Å². The average molecular weight is 295 g/mol. The van der Waals surface area contributed by atoms with E-state index in [9.17, 15) is 4.79 Å². The van der Waals surface area contributed by atoms with Gasteiger partial charge < -0.3 is 9.73 Å². The number of carbonyl (C=O) groups is 1. The number of rotatable bonds is 4. The van der Waals surface area contributed by atoms with E-state index in [0.717, 1.165) is 5.56 Å². The van der Waals surface area contributed by atoms with Crippen molar-refractivity contribution in [2.45, 2.75) is 19.9 Å². The zero-order chi connectivity index (χ0) is 15.5. The lowest BCUT2D eigenvalue weighted by molar-refractivity contribution is 0.0940. The van der Waals surface area contributed by atoms with E-state index >= 15 is 0 Å². The largest absolute Gasteiger partial charge is 0.463 e. The first-order chi connectivity index (χ1) is 10.7. The maximum absolute atomic E-state index is 12.6. The Hall–Kier alpha value is -2.82. The minimum atomic E-state index is -0.172. The number of H-pyrrole nitrogens is 1. The quantitative estimate of drug-likeness (QED) is 0.774. The van der Waals surface area contributed by atoms with Crippen molar-refractivity contribution in [1.82, 2.24) is 15.5 Å². The highest BCUT2D eigenvalue weighted by atomic mass is 16.3. The summed E-state index contributed by atoms with van der Waals surface area (Å²) in [4.78, 5) is 12.6. The maximum atomic E-state index is 12.6. The molecular weight excluding hydrogens is 278 g/mol. The zero-order valence-electron chi connectivity index (χ0n) is 12.5. The van der Waals surface area contributed by atoms with E-state index in [1.165, 1.54) is 0 Å². The number of aryl methyl sites for hydroxylation is 1. The first-order valence-corrected chi connectivity index (χ1v) is 7.11. The topological polar surface area (TPSA) is 70.9 Å². The number of carbonyl (C=O) groups excluding carboxylic acids is 1. The summed E-state index contributed by atoms with van der Waals surface area (Å²) in [6.07, 6.45) is 1.56. The molecule has 0 radical (unpaired) electrons. The minimum absolute atomic E-state index is 0.0903. The van der Waals surface area contributed by atoms with Crippen LogP contribution in [0.3, 0.4) is 0 Å². The van der Waals surface area contributed by atoms with Gasteiger partial charge in [0.15, 0.2) is 5.76 Å². The first-order valence-electron chi connectivity index (χ1n) is 7.11. The molecule has 2 N–H and O–H groups in total. The van der Waals surface area contributed by atoms with Gasteiger partial charge in [-0.1, -0.05) is 30.3 Å². The molecule has 1 amide bonds.